The molecule has 0 aliphatic carbocycles. The van der Waals surface area contributed by atoms with Gasteiger partial charge in [-0.2, -0.15) is 15.6 Å². The van der Waals surface area contributed by atoms with E-state index in [2.05, 4.69) is 65.3 Å². The Morgan fingerprint density at radius 1 is 1.03 bits per heavy atom. The number of aryl methyl sites for hydroxylation is 1. The van der Waals surface area contributed by atoms with Gasteiger partial charge < -0.3 is 10.3 Å². The van der Waals surface area contributed by atoms with Gasteiger partial charge in [-0.05, 0) is 36.8 Å². The molecule has 0 fully saturated rings. The normalized spacial score (nSPS) is 17.8. The lowest BCUT2D eigenvalue weighted by atomic mass is 9.95. The van der Waals surface area contributed by atoms with Crippen molar-refractivity contribution in [3.63, 3.8) is 0 Å². The Bertz CT molecular complexity index is 1530. The van der Waals surface area contributed by atoms with Gasteiger partial charge in [0.25, 0.3) is 0 Å². The SMILES string of the molecule is Cc1cccc(Cn2cc(/C=C(/C#N)C3=NN(c4ccccc4)[C@@H](N)[C@H]3C#N)c3ccccc32)c1. The van der Waals surface area contributed by atoms with E-state index < -0.39 is 12.1 Å². The molecule has 5 rings (SSSR count). The van der Waals surface area contributed by atoms with Gasteiger partial charge >= 0.3 is 0 Å². The fourth-order valence-electron chi connectivity index (χ4n) is 4.56. The second-order valence-corrected chi connectivity index (χ2v) is 8.65. The molecule has 2 heterocycles. The average molecular weight is 457 g/mol. The summed E-state index contributed by atoms with van der Waals surface area (Å²) in [6.45, 7) is 2.80. The molecule has 3 aromatic carbocycles. The van der Waals surface area contributed by atoms with E-state index >= 15 is 0 Å². The smallest absolute Gasteiger partial charge is 0.127 e. The number of nitrogens with two attached hydrogens (primary N) is 1. The third-order valence-corrected chi connectivity index (χ3v) is 6.24. The average Bonchev–Trinajstić information content (AvgIpc) is 3.40. The van der Waals surface area contributed by atoms with E-state index in [-0.39, 0.29) is 0 Å². The highest BCUT2D eigenvalue weighted by molar-refractivity contribution is 6.12. The molecular formula is C29H24N6. The quantitative estimate of drug-likeness (QED) is 0.417. The molecule has 2 N–H and O–H groups in total. The summed E-state index contributed by atoms with van der Waals surface area (Å²) in [4.78, 5) is 0. The molecule has 0 amide bonds. The van der Waals surface area contributed by atoms with Crippen LogP contribution < -0.4 is 10.7 Å². The maximum absolute atomic E-state index is 10.1. The number of hydrogen-bond donors (Lipinski definition) is 1. The third kappa shape index (κ3) is 4.19. The van der Waals surface area contributed by atoms with Crippen molar-refractivity contribution in [3.8, 4) is 12.1 Å². The van der Waals surface area contributed by atoms with Crippen molar-refractivity contribution in [2.24, 2.45) is 16.8 Å². The van der Waals surface area contributed by atoms with Crippen LogP contribution in [0.2, 0.25) is 0 Å². The Kier molecular flexibility index (Phi) is 5.89. The molecule has 1 aliphatic heterocycles. The molecule has 0 saturated carbocycles. The van der Waals surface area contributed by atoms with Gasteiger partial charge in [0.1, 0.15) is 18.2 Å². The Hall–Kier alpha value is -4.65. The molecule has 0 unspecified atom stereocenters. The van der Waals surface area contributed by atoms with Gasteiger partial charge in [-0.15, -0.1) is 0 Å². The standard InChI is InChI=1S/C29H24N6/c1-20-8-7-9-21(14-20)18-34-19-23(25-12-5-6-13-27(25)34)15-22(16-30)28-26(17-31)29(32)35(33-28)24-10-3-2-4-11-24/h2-15,19,26,29H,18,32H2,1H3/b22-15-/t26-,29+/m0/s1. The molecule has 0 radical (unpaired) electrons. The minimum absolute atomic E-state index is 0.337. The first kappa shape index (κ1) is 22.2. The molecule has 0 spiro atoms. The lowest BCUT2D eigenvalue weighted by Crippen LogP contribution is -2.40. The number of benzene rings is 3. The summed E-state index contributed by atoms with van der Waals surface area (Å²) in [6.07, 6.45) is 3.20. The highest BCUT2D eigenvalue weighted by Crippen LogP contribution is 2.30. The van der Waals surface area contributed by atoms with Crippen molar-refractivity contribution >= 4 is 28.4 Å². The van der Waals surface area contributed by atoms with Crippen LogP contribution >= 0.6 is 0 Å². The summed E-state index contributed by atoms with van der Waals surface area (Å²) in [5.41, 5.74) is 12.3. The van der Waals surface area contributed by atoms with Gasteiger partial charge in [-0.3, -0.25) is 0 Å². The van der Waals surface area contributed by atoms with Gasteiger partial charge in [-0.1, -0.05) is 66.2 Å². The number of rotatable bonds is 5. The molecule has 6 heteroatoms. The van der Waals surface area contributed by atoms with E-state index in [9.17, 15) is 10.5 Å². The van der Waals surface area contributed by atoms with Gasteiger partial charge in [0.05, 0.1) is 23.0 Å². The number of aromatic nitrogens is 1. The fourth-order valence-corrected chi connectivity index (χ4v) is 4.56. The maximum Gasteiger partial charge on any atom is 0.127 e. The zero-order valence-electron chi connectivity index (χ0n) is 19.3. The molecular weight excluding hydrogens is 432 g/mol. The van der Waals surface area contributed by atoms with Crippen molar-refractivity contribution in [1.82, 2.24) is 4.57 Å². The van der Waals surface area contributed by atoms with E-state index in [4.69, 9.17) is 5.73 Å². The summed E-state index contributed by atoms with van der Waals surface area (Å²) in [5.74, 6) is -0.721. The van der Waals surface area contributed by atoms with Crippen molar-refractivity contribution in [2.75, 3.05) is 5.01 Å². The summed E-state index contributed by atoms with van der Waals surface area (Å²) < 4.78 is 2.19. The monoisotopic (exact) mass is 456 g/mol. The minimum Gasteiger partial charge on any atom is -0.342 e. The molecule has 4 aromatic rings. The van der Waals surface area contributed by atoms with Gasteiger partial charge in [-0.25, -0.2) is 5.01 Å². The molecule has 35 heavy (non-hydrogen) atoms. The third-order valence-electron chi connectivity index (χ3n) is 6.24. The van der Waals surface area contributed by atoms with E-state index in [1.807, 2.05) is 54.6 Å². The first-order valence-electron chi connectivity index (χ1n) is 11.4. The van der Waals surface area contributed by atoms with E-state index in [0.29, 0.717) is 17.8 Å². The Balaban J connectivity index is 1.57. The molecule has 170 valence electrons. The lowest BCUT2D eigenvalue weighted by Gasteiger charge is -2.21. The van der Waals surface area contributed by atoms with Crippen LogP contribution in [0.25, 0.3) is 17.0 Å². The summed E-state index contributed by atoms with van der Waals surface area (Å²) in [6, 6.07) is 30.5. The number of nitrogens with zero attached hydrogens (tertiary/aromatic N) is 5. The van der Waals surface area contributed by atoms with Crippen LogP contribution in [0.3, 0.4) is 0 Å². The predicted octanol–water partition coefficient (Wildman–Crippen LogP) is 5.21. The first-order chi connectivity index (χ1) is 17.1. The number of para-hydroxylation sites is 2. The van der Waals surface area contributed by atoms with Crippen LogP contribution in [-0.4, -0.2) is 16.4 Å². The number of anilines is 1. The second kappa shape index (κ2) is 9.30. The Labute approximate surface area is 204 Å². The van der Waals surface area contributed by atoms with Crippen LogP contribution in [0.4, 0.5) is 5.69 Å². The number of allylic oxidation sites excluding steroid dienone is 1. The van der Waals surface area contributed by atoms with Gasteiger partial charge in [0.15, 0.2) is 0 Å². The molecule has 1 aliphatic rings. The number of hydrazone groups is 1. The number of hydrogen-bond acceptors (Lipinski definition) is 5. The second-order valence-electron chi connectivity index (χ2n) is 8.65. The highest BCUT2D eigenvalue weighted by Gasteiger charge is 2.37. The topological polar surface area (TPSA) is 94.1 Å². The summed E-state index contributed by atoms with van der Waals surface area (Å²) in [7, 11) is 0. The van der Waals surface area contributed by atoms with Crippen LogP contribution in [-0.2, 0) is 6.54 Å². The fraction of sp³-hybridized carbons (Fsp3) is 0.138. The summed E-state index contributed by atoms with van der Waals surface area (Å²) in [5, 5.41) is 27.2. The van der Waals surface area contributed by atoms with Crippen molar-refractivity contribution in [3.05, 3.63) is 107 Å². The molecule has 1 aromatic heterocycles. The van der Waals surface area contributed by atoms with Gasteiger partial charge in [0, 0.05) is 29.2 Å². The molecule has 2 atom stereocenters. The minimum atomic E-state index is -0.721. The van der Waals surface area contributed by atoms with Crippen molar-refractivity contribution in [1.29, 1.82) is 10.5 Å². The molecule has 6 nitrogen and oxygen atoms in total. The number of fused-ring (bicyclic) bond motifs is 1. The van der Waals surface area contributed by atoms with Crippen LogP contribution in [0.1, 0.15) is 16.7 Å². The zero-order chi connectivity index (χ0) is 24.4. The molecule has 0 saturated heterocycles. The Morgan fingerprint density at radius 2 is 1.80 bits per heavy atom. The van der Waals surface area contributed by atoms with Crippen molar-refractivity contribution in [2.45, 2.75) is 19.6 Å². The predicted molar refractivity (Wildman–Crippen MR) is 139 cm³/mol. The zero-order valence-corrected chi connectivity index (χ0v) is 19.3. The van der Waals surface area contributed by atoms with E-state index in [1.165, 1.54) is 11.1 Å². The Morgan fingerprint density at radius 3 is 2.54 bits per heavy atom. The van der Waals surface area contributed by atoms with Crippen LogP contribution in [0.5, 0.6) is 0 Å². The maximum atomic E-state index is 10.1. The van der Waals surface area contributed by atoms with Crippen molar-refractivity contribution < 1.29 is 0 Å². The van der Waals surface area contributed by atoms with Crippen LogP contribution in [0, 0.1) is 35.5 Å². The van der Waals surface area contributed by atoms with Crippen LogP contribution in [0.15, 0.2) is 95.7 Å². The van der Waals surface area contributed by atoms with Gasteiger partial charge in [0.2, 0.25) is 0 Å². The highest BCUT2D eigenvalue weighted by atomic mass is 15.5. The summed E-state index contributed by atoms with van der Waals surface area (Å²) >= 11 is 0. The van der Waals surface area contributed by atoms with E-state index in [0.717, 1.165) is 22.2 Å². The molecule has 0 bridgehead atoms. The van der Waals surface area contributed by atoms with E-state index in [1.54, 1.807) is 5.01 Å². The largest absolute Gasteiger partial charge is 0.342 e. The lowest BCUT2D eigenvalue weighted by molar-refractivity contribution is 0.624. The first-order valence-corrected chi connectivity index (χ1v) is 11.4. The number of nitriles is 2.